The molecule has 3 fully saturated rings. The number of anilines is 1. The predicted molar refractivity (Wildman–Crippen MR) is 94.6 cm³/mol. The molecule has 0 unspecified atom stereocenters. The minimum absolute atomic E-state index is 0.0239. The highest BCUT2D eigenvalue weighted by Crippen LogP contribution is 2.62. The maximum Gasteiger partial charge on any atom is 0.329 e. The van der Waals surface area contributed by atoms with Gasteiger partial charge in [-0.15, -0.1) is 0 Å². The molecule has 3 saturated heterocycles. The van der Waals surface area contributed by atoms with Crippen molar-refractivity contribution in [2.24, 2.45) is 11.8 Å². The van der Waals surface area contributed by atoms with Crippen molar-refractivity contribution in [1.82, 2.24) is 0 Å². The second-order valence-corrected chi connectivity index (χ2v) is 9.02. The lowest BCUT2D eigenvalue weighted by Crippen LogP contribution is -2.48. The summed E-state index contributed by atoms with van der Waals surface area (Å²) in [7, 11) is 0. The second-order valence-electron chi connectivity index (χ2n) is 7.06. The molecule has 5 nitrogen and oxygen atoms in total. The Kier molecular flexibility index (Phi) is 3.39. The van der Waals surface area contributed by atoms with E-state index < -0.39 is 11.3 Å². The number of ether oxygens (including phenoxy) is 1. The predicted octanol–water partition coefficient (Wildman–Crippen LogP) is 3.74. The average Bonchev–Trinajstić information content (AvgIpc) is 3.05. The molecule has 7 heteroatoms. The lowest BCUT2D eigenvalue weighted by molar-refractivity contribution is -0.629. The summed E-state index contributed by atoms with van der Waals surface area (Å²) in [6, 6.07) is 6.31. The van der Waals surface area contributed by atoms with Gasteiger partial charge in [0.1, 0.15) is 5.60 Å². The first-order chi connectivity index (χ1) is 10.8. The molecule has 23 heavy (non-hydrogen) atoms. The fraction of sp³-hybridized carbons (Fsp3) is 0.625. The molecule has 0 amide bonds. The van der Waals surface area contributed by atoms with Crippen LogP contribution in [0.25, 0.3) is 0 Å². The summed E-state index contributed by atoms with van der Waals surface area (Å²) in [5.41, 5.74) is 0.662. The lowest BCUT2D eigenvalue weighted by atomic mass is 9.72. The number of benzene rings is 1. The minimum Gasteiger partial charge on any atom is -0.367 e. The normalized spacial score (nSPS) is 41.4. The van der Waals surface area contributed by atoms with E-state index in [4.69, 9.17) is 4.74 Å². The van der Waals surface area contributed by atoms with E-state index in [-0.39, 0.29) is 21.6 Å². The van der Waals surface area contributed by atoms with E-state index >= 15 is 0 Å². The largest absolute Gasteiger partial charge is 0.367 e. The van der Waals surface area contributed by atoms with Gasteiger partial charge in [-0.3, -0.25) is 10.1 Å². The highest BCUT2D eigenvalue weighted by molar-refractivity contribution is 9.10. The van der Waals surface area contributed by atoms with Crippen LogP contribution in [0, 0.1) is 28.9 Å². The Morgan fingerprint density at radius 3 is 2.83 bits per heavy atom. The molecule has 0 saturated carbocycles. The standard InChI is InChI=1S/C16H18Br2N2O3/c1-9-3-4-13(12(17)5-9)19-7-11-10(2)16(20(21)22)6-14(18)15(11,8-19)23-16/h3-5,10-11,14H,6-8H2,1-2H3/t10-,11-,14+,15-,16-/m0/s1. The highest BCUT2D eigenvalue weighted by atomic mass is 79.9. The molecular weight excluding hydrogens is 428 g/mol. The summed E-state index contributed by atoms with van der Waals surface area (Å²) in [5.74, 6) is 0.0831. The zero-order valence-electron chi connectivity index (χ0n) is 13.0. The molecule has 3 heterocycles. The van der Waals surface area contributed by atoms with E-state index in [1.165, 1.54) is 5.56 Å². The third-order valence-corrected chi connectivity index (χ3v) is 7.65. The molecule has 0 N–H and O–H groups in total. The minimum atomic E-state index is -1.21. The van der Waals surface area contributed by atoms with Crippen LogP contribution in [0.4, 0.5) is 5.69 Å². The number of halogens is 2. The number of hydrogen-bond acceptors (Lipinski definition) is 4. The zero-order valence-corrected chi connectivity index (χ0v) is 16.1. The van der Waals surface area contributed by atoms with Gasteiger partial charge in [-0.2, -0.15) is 0 Å². The quantitative estimate of drug-likeness (QED) is 0.395. The Morgan fingerprint density at radius 1 is 1.48 bits per heavy atom. The molecule has 0 radical (unpaired) electrons. The van der Waals surface area contributed by atoms with Gasteiger partial charge in [0.2, 0.25) is 0 Å². The van der Waals surface area contributed by atoms with Gasteiger partial charge in [-0.1, -0.05) is 28.9 Å². The van der Waals surface area contributed by atoms with Crippen molar-refractivity contribution in [3.05, 3.63) is 38.3 Å². The van der Waals surface area contributed by atoms with Crippen LogP contribution >= 0.6 is 31.9 Å². The monoisotopic (exact) mass is 444 g/mol. The molecule has 4 rings (SSSR count). The van der Waals surface area contributed by atoms with Gasteiger partial charge in [0.15, 0.2) is 0 Å². The highest BCUT2D eigenvalue weighted by Gasteiger charge is 2.78. The topological polar surface area (TPSA) is 55.6 Å². The summed E-state index contributed by atoms with van der Waals surface area (Å²) in [6.45, 7) is 5.52. The number of rotatable bonds is 2. The van der Waals surface area contributed by atoms with Gasteiger partial charge in [0, 0.05) is 23.5 Å². The van der Waals surface area contributed by atoms with Crippen molar-refractivity contribution in [1.29, 1.82) is 0 Å². The first kappa shape index (κ1) is 15.8. The summed E-state index contributed by atoms with van der Waals surface area (Å²) in [5, 5.41) is 11.6. The molecule has 124 valence electrons. The molecule has 0 aromatic heterocycles. The number of alkyl halides is 1. The maximum absolute atomic E-state index is 11.6. The molecular formula is C16H18Br2N2O3. The number of nitro groups is 1. The van der Waals surface area contributed by atoms with Crippen LogP contribution < -0.4 is 4.90 Å². The molecule has 5 atom stereocenters. The summed E-state index contributed by atoms with van der Waals surface area (Å²) in [6.07, 6.45) is 0.445. The Balaban J connectivity index is 1.70. The number of hydrogen-bond donors (Lipinski definition) is 0. The van der Waals surface area contributed by atoms with Crippen LogP contribution in [-0.2, 0) is 4.74 Å². The molecule has 2 bridgehead atoms. The number of nitrogens with zero attached hydrogens (tertiary/aromatic N) is 2. The van der Waals surface area contributed by atoms with E-state index in [1.807, 2.05) is 6.92 Å². The van der Waals surface area contributed by atoms with Crippen molar-refractivity contribution >= 4 is 37.5 Å². The Bertz CT molecular complexity index is 700. The van der Waals surface area contributed by atoms with Crippen LogP contribution in [0.5, 0.6) is 0 Å². The van der Waals surface area contributed by atoms with Crippen molar-refractivity contribution in [3.63, 3.8) is 0 Å². The molecule has 1 aromatic carbocycles. The van der Waals surface area contributed by atoms with Gasteiger partial charge in [0.25, 0.3) is 0 Å². The van der Waals surface area contributed by atoms with Gasteiger partial charge >= 0.3 is 5.72 Å². The average molecular weight is 446 g/mol. The molecule has 3 aliphatic rings. The van der Waals surface area contributed by atoms with Crippen LogP contribution in [0.15, 0.2) is 22.7 Å². The van der Waals surface area contributed by atoms with Crippen molar-refractivity contribution in [3.8, 4) is 0 Å². The third-order valence-electron chi connectivity index (χ3n) is 5.92. The van der Waals surface area contributed by atoms with Crippen molar-refractivity contribution < 1.29 is 9.66 Å². The summed E-state index contributed by atoms with van der Waals surface area (Å²) in [4.78, 5) is 13.8. The summed E-state index contributed by atoms with van der Waals surface area (Å²) >= 11 is 7.33. The van der Waals surface area contributed by atoms with E-state index in [2.05, 4.69) is 61.9 Å². The van der Waals surface area contributed by atoms with Gasteiger partial charge < -0.3 is 9.64 Å². The molecule has 3 aliphatic heterocycles. The second kappa shape index (κ2) is 4.92. The summed E-state index contributed by atoms with van der Waals surface area (Å²) < 4.78 is 7.23. The first-order valence-corrected chi connectivity index (χ1v) is 9.51. The maximum atomic E-state index is 11.6. The van der Waals surface area contributed by atoms with E-state index in [9.17, 15) is 10.1 Å². The van der Waals surface area contributed by atoms with E-state index in [0.29, 0.717) is 13.0 Å². The molecule has 1 spiro atoms. The number of aryl methyl sites for hydroxylation is 1. The Labute approximate surface area is 151 Å². The van der Waals surface area contributed by atoms with Gasteiger partial charge in [-0.05, 0) is 40.5 Å². The van der Waals surface area contributed by atoms with E-state index in [0.717, 1.165) is 16.7 Å². The van der Waals surface area contributed by atoms with Crippen LogP contribution in [-0.4, -0.2) is 34.2 Å². The zero-order chi connectivity index (χ0) is 16.6. The Hall–Kier alpha value is -0.660. The van der Waals surface area contributed by atoms with E-state index in [1.54, 1.807) is 0 Å². The SMILES string of the molecule is Cc1ccc(N2C[C@H]3[C@H](C)[C@]4([N+](=O)[O-])C[C@@H](Br)[C@@]3(C2)O4)c(Br)c1. The van der Waals surface area contributed by atoms with Gasteiger partial charge in [-0.25, -0.2) is 0 Å². The van der Waals surface area contributed by atoms with Crippen LogP contribution in [0.3, 0.4) is 0 Å². The van der Waals surface area contributed by atoms with Crippen molar-refractivity contribution in [2.45, 2.75) is 36.4 Å². The first-order valence-electron chi connectivity index (χ1n) is 7.80. The lowest BCUT2D eigenvalue weighted by Gasteiger charge is -2.31. The smallest absolute Gasteiger partial charge is 0.329 e. The molecule has 1 aromatic rings. The fourth-order valence-corrected chi connectivity index (χ4v) is 6.47. The number of fused-ring (bicyclic) bond motifs is 1. The van der Waals surface area contributed by atoms with Crippen molar-refractivity contribution in [2.75, 3.05) is 18.0 Å². The molecule has 0 aliphatic carbocycles. The van der Waals surface area contributed by atoms with Crippen LogP contribution in [0.2, 0.25) is 0 Å². The van der Waals surface area contributed by atoms with Gasteiger partial charge in [0.05, 0.1) is 27.8 Å². The Morgan fingerprint density at radius 2 is 2.22 bits per heavy atom. The fourth-order valence-electron chi connectivity index (χ4n) is 4.68. The third kappa shape index (κ3) is 1.93. The van der Waals surface area contributed by atoms with Crippen LogP contribution in [0.1, 0.15) is 18.9 Å².